The van der Waals surface area contributed by atoms with Gasteiger partial charge in [-0.05, 0) is 54.8 Å². The highest BCUT2D eigenvalue weighted by Crippen LogP contribution is 2.44. The van der Waals surface area contributed by atoms with Crippen molar-refractivity contribution < 1.29 is 14.3 Å². The van der Waals surface area contributed by atoms with Crippen LogP contribution in [0.5, 0.6) is 11.5 Å². The quantitative estimate of drug-likeness (QED) is 0.841. The number of hydrogen-bond acceptors (Lipinski definition) is 4. The molecule has 0 aromatic heterocycles. The Morgan fingerprint density at radius 3 is 2.57 bits per heavy atom. The number of aryl methyl sites for hydroxylation is 2. The minimum atomic E-state index is -0.0294. The number of thioether (sulfide) groups is 1. The van der Waals surface area contributed by atoms with Crippen LogP contribution >= 0.6 is 11.8 Å². The molecule has 2 aliphatic heterocycles. The summed E-state index contributed by atoms with van der Waals surface area (Å²) in [4.78, 5) is 14.4. The first-order chi connectivity index (χ1) is 11.1. The maximum atomic E-state index is 12.5. The fraction of sp³-hybridized carbons (Fsp3) is 0.278. The van der Waals surface area contributed by atoms with E-state index in [9.17, 15) is 4.79 Å². The monoisotopic (exact) mass is 327 g/mol. The van der Waals surface area contributed by atoms with Crippen molar-refractivity contribution in [1.29, 1.82) is 0 Å². The fourth-order valence-electron chi connectivity index (χ4n) is 3.11. The van der Waals surface area contributed by atoms with Gasteiger partial charge in [0.2, 0.25) is 12.7 Å². The maximum absolute atomic E-state index is 12.5. The van der Waals surface area contributed by atoms with E-state index in [-0.39, 0.29) is 18.1 Å². The Morgan fingerprint density at radius 2 is 1.78 bits per heavy atom. The van der Waals surface area contributed by atoms with Gasteiger partial charge in [0.25, 0.3) is 0 Å². The van der Waals surface area contributed by atoms with Gasteiger partial charge < -0.3 is 9.47 Å². The summed E-state index contributed by atoms with van der Waals surface area (Å²) in [6.45, 7) is 4.37. The van der Waals surface area contributed by atoms with Gasteiger partial charge in [0.1, 0.15) is 5.37 Å². The molecule has 0 aliphatic carbocycles. The smallest absolute Gasteiger partial charge is 0.238 e. The van der Waals surface area contributed by atoms with Crippen molar-refractivity contribution in [3.05, 3.63) is 53.1 Å². The molecule has 0 saturated carbocycles. The molecular formula is C18H17NO3S. The molecule has 5 heteroatoms. The molecule has 4 rings (SSSR count). The SMILES string of the molecule is Cc1cc(C)cc(N2C(=O)CSC2c2ccc3c(c2)OCO3)c1. The van der Waals surface area contributed by atoms with Gasteiger partial charge in [-0.2, -0.15) is 0 Å². The Labute approximate surface area is 139 Å². The molecule has 0 bridgehead atoms. The molecule has 2 heterocycles. The lowest BCUT2D eigenvalue weighted by atomic mass is 10.1. The zero-order valence-corrected chi connectivity index (χ0v) is 13.9. The predicted molar refractivity (Wildman–Crippen MR) is 91.2 cm³/mol. The Bertz CT molecular complexity index is 770. The lowest BCUT2D eigenvalue weighted by Gasteiger charge is -2.25. The van der Waals surface area contributed by atoms with Crippen LogP contribution in [0.2, 0.25) is 0 Å². The van der Waals surface area contributed by atoms with E-state index in [0.717, 1.165) is 33.9 Å². The number of carbonyl (C=O) groups excluding carboxylic acids is 1. The summed E-state index contributed by atoms with van der Waals surface area (Å²) in [5.41, 5.74) is 4.34. The van der Waals surface area contributed by atoms with Gasteiger partial charge in [0.15, 0.2) is 11.5 Å². The molecule has 4 nitrogen and oxygen atoms in total. The second kappa shape index (κ2) is 5.49. The molecule has 2 aromatic carbocycles. The zero-order chi connectivity index (χ0) is 16.0. The molecule has 1 atom stereocenters. The Hall–Kier alpha value is -2.14. The third kappa shape index (κ3) is 2.55. The zero-order valence-electron chi connectivity index (χ0n) is 13.0. The van der Waals surface area contributed by atoms with Gasteiger partial charge in [0, 0.05) is 5.69 Å². The average molecular weight is 327 g/mol. The number of hydrogen-bond donors (Lipinski definition) is 0. The van der Waals surface area contributed by atoms with Crippen LogP contribution in [0.4, 0.5) is 5.69 Å². The van der Waals surface area contributed by atoms with Crippen LogP contribution in [0.15, 0.2) is 36.4 Å². The van der Waals surface area contributed by atoms with Crippen molar-refractivity contribution in [2.45, 2.75) is 19.2 Å². The molecule has 2 aliphatic rings. The highest BCUT2D eigenvalue weighted by molar-refractivity contribution is 8.00. The molecule has 1 amide bonds. The van der Waals surface area contributed by atoms with E-state index in [0.29, 0.717) is 5.75 Å². The highest BCUT2D eigenvalue weighted by atomic mass is 32.2. The Kier molecular flexibility index (Phi) is 3.45. The normalized spacial score (nSPS) is 19.5. The van der Waals surface area contributed by atoms with E-state index in [1.165, 1.54) is 0 Å². The summed E-state index contributed by atoms with van der Waals surface area (Å²) in [5.74, 6) is 2.15. The number of amides is 1. The molecule has 1 fully saturated rings. The number of ether oxygens (including phenoxy) is 2. The van der Waals surface area contributed by atoms with Crippen molar-refractivity contribution >= 4 is 23.4 Å². The minimum absolute atomic E-state index is 0.0294. The Morgan fingerprint density at radius 1 is 1.04 bits per heavy atom. The third-order valence-corrected chi connectivity index (χ3v) is 5.25. The lowest BCUT2D eigenvalue weighted by molar-refractivity contribution is -0.115. The molecule has 2 aromatic rings. The summed E-state index contributed by atoms with van der Waals surface area (Å²) < 4.78 is 10.8. The van der Waals surface area contributed by atoms with Crippen LogP contribution in [-0.2, 0) is 4.79 Å². The predicted octanol–water partition coefficient (Wildman–Crippen LogP) is 3.81. The summed E-state index contributed by atoms with van der Waals surface area (Å²) >= 11 is 1.64. The van der Waals surface area contributed by atoms with Crippen molar-refractivity contribution in [3.8, 4) is 11.5 Å². The molecule has 0 radical (unpaired) electrons. The van der Waals surface area contributed by atoms with Crippen molar-refractivity contribution in [1.82, 2.24) is 0 Å². The summed E-state index contributed by atoms with van der Waals surface area (Å²) in [7, 11) is 0. The first-order valence-electron chi connectivity index (χ1n) is 7.53. The van der Waals surface area contributed by atoms with Gasteiger partial charge in [-0.25, -0.2) is 0 Å². The van der Waals surface area contributed by atoms with Crippen molar-refractivity contribution in [2.24, 2.45) is 0 Å². The summed E-state index contributed by atoms with van der Waals surface area (Å²) in [6, 6.07) is 12.2. The van der Waals surface area contributed by atoms with Crippen molar-refractivity contribution in [3.63, 3.8) is 0 Å². The number of carbonyl (C=O) groups is 1. The molecule has 1 unspecified atom stereocenters. The van der Waals surface area contributed by atoms with Crippen molar-refractivity contribution in [2.75, 3.05) is 17.4 Å². The van der Waals surface area contributed by atoms with Crippen LogP contribution in [-0.4, -0.2) is 18.5 Å². The molecule has 0 N–H and O–H groups in total. The molecular weight excluding hydrogens is 310 g/mol. The second-order valence-corrected chi connectivity index (χ2v) is 6.95. The largest absolute Gasteiger partial charge is 0.454 e. The third-order valence-electron chi connectivity index (χ3n) is 4.03. The molecule has 1 saturated heterocycles. The van der Waals surface area contributed by atoms with E-state index in [4.69, 9.17) is 9.47 Å². The van der Waals surface area contributed by atoms with Gasteiger partial charge in [-0.1, -0.05) is 12.1 Å². The number of anilines is 1. The second-order valence-electron chi connectivity index (χ2n) is 5.89. The van der Waals surface area contributed by atoms with Crippen LogP contribution in [0, 0.1) is 13.8 Å². The first kappa shape index (κ1) is 14.5. The summed E-state index contributed by atoms with van der Waals surface area (Å²) in [5, 5.41) is -0.0294. The van der Waals surface area contributed by atoms with Gasteiger partial charge in [0.05, 0.1) is 5.75 Å². The fourth-order valence-corrected chi connectivity index (χ4v) is 4.27. The van der Waals surface area contributed by atoms with E-state index >= 15 is 0 Å². The van der Waals surface area contributed by atoms with Crippen LogP contribution in [0.25, 0.3) is 0 Å². The summed E-state index contributed by atoms with van der Waals surface area (Å²) in [6.07, 6.45) is 0. The van der Waals surface area contributed by atoms with Gasteiger partial charge >= 0.3 is 0 Å². The van der Waals surface area contributed by atoms with Crippen LogP contribution in [0.3, 0.4) is 0 Å². The van der Waals surface area contributed by atoms with E-state index in [1.807, 2.05) is 23.1 Å². The van der Waals surface area contributed by atoms with Gasteiger partial charge in [-0.3, -0.25) is 9.69 Å². The topological polar surface area (TPSA) is 38.8 Å². The molecule has 118 valence electrons. The minimum Gasteiger partial charge on any atom is -0.454 e. The van der Waals surface area contributed by atoms with Crippen LogP contribution < -0.4 is 14.4 Å². The van der Waals surface area contributed by atoms with E-state index in [2.05, 4.69) is 32.0 Å². The van der Waals surface area contributed by atoms with E-state index < -0.39 is 0 Å². The first-order valence-corrected chi connectivity index (χ1v) is 8.58. The van der Waals surface area contributed by atoms with E-state index in [1.54, 1.807) is 11.8 Å². The number of nitrogens with zero attached hydrogens (tertiary/aromatic N) is 1. The van der Waals surface area contributed by atoms with Gasteiger partial charge in [-0.15, -0.1) is 11.8 Å². The Balaban J connectivity index is 1.74. The number of benzene rings is 2. The highest BCUT2D eigenvalue weighted by Gasteiger charge is 2.35. The standard InChI is InChI=1S/C18H17NO3S/c1-11-5-12(2)7-14(6-11)19-17(20)9-23-18(19)13-3-4-15-16(8-13)22-10-21-15/h3-8,18H,9-10H2,1-2H3. The lowest BCUT2D eigenvalue weighted by Crippen LogP contribution is -2.27. The maximum Gasteiger partial charge on any atom is 0.238 e. The molecule has 0 spiro atoms. The average Bonchev–Trinajstić information content (AvgIpc) is 3.11. The number of fused-ring (bicyclic) bond motifs is 1. The van der Waals surface area contributed by atoms with Crippen LogP contribution in [0.1, 0.15) is 22.1 Å². The molecule has 23 heavy (non-hydrogen) atoms. The number of rotatable bonds is 2.